The van der Waals surface area contributed by atoms with Crippen molar-refractivity contribution >= 4 is 35.0 Å². The second-order valence-electron chi connectivity index (χ2n) is 4.67. The molecule has 0 aliphatic carbocycles. The third-order valence-electron chi connectivity index (χ3n) is 3.00. The van der Waals surface area contributed by atoms with Crippen LogP contribution in [0.4, 0.5) is 0 Å². The van der Waals surface area contributed by atoms with Crippen LogP contribution in [0.2, 0.25) is 10.0 Å². The van der Waals surface area contributed by atoms with Crippen LogP contribution in [0, 0.1) is 6.92 Å². The highest BCUT2D eigenvalue weighted by Gasteiger charge is 2.10. The molecule has 0 aromatic heterocycles. The monoisotopic (exact) mass is 326 g/mol. The van der Waals surface area contributed by atoms with E-state index in [2.05, 4.69) is 19.1 Å². The number of hydrogen-bond donors (Lipinski definition) is 1. The highest BCUT2D eigenvalue weighted by atomic mass is 35.5. The molecule has 0 radical (unpaired) electrons. The van der Waals surface area contributed by atoms with Crippen molar-refractivity contribution in [2.24, 2.45) is 0 Å². The average molecular weight is 327 g/mol. The molecule has 0 heterocycles. The number of aliphatic hydroxyl groups is 1. The van der Waals surface area contributed by atoms with Crippen LogP contribution in [0.5, 0.6) is 0 Å². The van der Waals surface area contributed by atoms with Gasteiger partial charge in [0.15, 0.2) is 0 Å². The maximum Gasteiger partial charge on any atom is 0.0674 e. The van der Waals surface area contributed by atoms with Crippen LogP contribution < -0.4 is 0 Å². The van der Waals surface area contributed by atoms with Gasteiger partial charge >= 0.3 is 0 Å². The van der Waals surface area contributed by atoms with E-state index in [1.807, 2.05) is 18.2 Å². The van der Waals surface area contributed by atoms with Crippen LogP contribution in [-0.2, 0) is 6.42 Å². The summed E-state index contributed by atoms with van der Waals surface area (Å²) in [6.07, 6.45) is 0.104. The minimum absolute atomic E-state index is 0.432. The first-order valence-electron chi connectivity index (χ1n) is 6.36. The van der Waals surface area contributed by atoms with E-state index in [4.69, 9.17) is 23.2 Å². The van der Waals surface area contributed by atoms with Gasteiger partial charge in [0.25, 0.3) is 0 Å². The second-order valence-corrected chi connectivity index (χ2v) is 6.58. The molecule has 2 aromatic rings. The van der Waals surface area contributed by atoms with Gasteiger partial charge in [-0.1, -0.05) is 47.5 Å². The fourth-order valence-corrected chi connectivity index (χ4v) is 3.35. The molecule has 0 amide bonds. The highest BCUT2D eigenvalue weighted by Crippen LogP contribution is 2.25. The Morgan fingerprint density at radius 1 is 1.15 bits per heavy atom. The molecule has 0 saturated heterocycles. The predicted molar refractivity (Wildman–Crippen MR) is 88.1 cm³/mol. The second kappa shape index (κ2) is 7.37. The molecule has 1 nitrogen and oxygen atoms in total. The van der Waals surface area contributed by atoms with E-state index in [1.54, 1.807) is 23.9 Å². The molecule has 0 fully saturated rings. The van der Waals surface area contributed by atoms with Crippen molar-refractivity contribution in [2.45, 2.75) is 24.3 Å². The Morgan fingerprint density at radius 3 is 2.60 bits per heavy atom. The summed E-state index contributed by atoms with van der Waals surface area (Å²) in [5.41, 5.74) is 2.16. The maximum absolute atomic E-state index is 10.1. The number of thioether (sulfide) groups is 1. The maximum atomic E-state index is 10.1. The van der Waals surface area contributed by atoms with E-state index < -0.39 is 6.10 Å². The Morgan fingerprint density at radius 2 is 1.90 bits per heavy atom. The first-order valence-corrected chi connectivity index (χ1v) is 8.11. The molecule has 2 aromatic carbocycles. The van der Waals surface area contributed by atoms with E-state index in [0.717, 1.165) is 5.56 Å². The van der Waals surface area contributed by atoms with Crippen LogP contribution in [-0.4, -0.2) is 17.0 Å². The molecule has 1 unspecified atom stereocenters. The summed E-state index contributed by atoms with van der Waals surface area (Å²) in [6, 6.07) is 13.5. The zero-order valence-corrected chi connectivity index (χ0v) is 13.5. The first-order chi connectivity index (χ1) is 9.56. The Bertz CT molecular complexity index is 586. The average Bonchev–Trinajstić information content (AvgIpc) is 2.41. The van der Waals surface area contributed by atoms with Crippen molar-refractivity contribution in [2.75, 3.05) is 5.75 Å². The van der Waals surface area contributed by atoms with Crippen molar-refractivity contribution in [3.63, 3.8) is 0 Å². The quantitative estimate of drug-likeness (QED) is 0.780. The molecule has 0 spiro atoms. The minimum Gasteiger partial charge on any atom is -0.392 e. The lowest BCUT2D eigenvalue weighted by atomic mass is 10.1. The largest absolute Gasteiger partial charge is 0.392 e. The standard InChI is InChI=1S/C16H16Cl2OS/c1-11-4-2-3-5-16(11)20-10-14(19)8-12-6-7-13(17)9-15(12)18/h2-7,9,14,19H,8,10H2,1H3. The Hall–Kier alpha value is -0.670. The Labute approximate surface area is 133 Å². The lowest BCUT2D eigenvalue weighted by Gasteiger charge is -2.12. The van der Waals surface area contributed by atoms with Gasteiger partial charge in [-0.05, 0) is 36.2 Å². The van der Waals surface area contributed by atoms with Gasteiger partial charge in [0.2, 0.25) is 0 Å². The lowest BCUT2D eigenvalue weighted by Crippen LogP contribution is -2.13. The molecule has 1 N–H and O–H groups in total. The van der Waals surface area contributed by atoms with Gasteiger partial charge in [0, 0.05) is 27.1 Å². The SMILES string of the molecule is Cc1ccccc1SCC(O)Cc1ccc(Cl)cc1Cl. The van der Waals surface area contributed by atoms with Gasteiger partial charge in [-0.3, -0.25) is 0 Å². The summed E-state index contributed by atoms with van der Waals surface area (Å²) in [5, 5.41) is 11.4. The number of halogens is 2. The Balaban J connectivity index is 1.92. The minimum atomic E-state index is -0.432. The van der Waals surface area contributed by atoms with Gasteiger partial charge < -0.3 is 5.11 Å². The van der Waals surface area contributed by atoms with Crippen LogP contribution >= 0.6 is 35.0 Å². The van der Waals surface area contributed by atoms with Crippen molar-refractivity contribution < 1.29 is 5.11 Å². The molecule has 106 valence electrons. The van der Waals surface area contributed by atoms with Crippen LogP contribution in [0.3, 0.4) is 0 Å². The molecule has 20 heavy (non-hydrogen) atoms. The Kier molecular flexibility index (Phi) is 5.79. The summed E-state index contributed by atoms with van der Waals surface area (Å²) in [6.45, 7) is 2.07. The van der Waals surface area contributed by atoms with Crippen molar-refractivity contribution in [1.29, 1.82) is 0 Å². The molecule has 1 atom stereocenters. The van der Waals surface area contributed by atoms with E-state index >= 15 is 0 Å². The number of rotatable bonds is 5. The van der Waals surface area contributed by atoms with E-state index in [-0.39, 0.29) is 0 Å². The third-order valence-corrected chi connectivity index (χ3v) is 4.90. The summed E-state index contributed by atoms with van der Waals surface area (Å²) in [5.74, 6) is 0.643. The normalized spacial score (nSPS) is 12.4. The molecule has 2 rings (SSSR count). The molecule has 4 heteroatoms. The molecular formula is C16H16Cl2OS. The summed E-state index contributed by atoms with van der Waals surface area (Å²) in [7, 11) is 0. The van der Waals surface area contributed by atoms with E-state index in [9.17, 15) is 5.11 Å². The van der Waals surface area contributed by atoms with E-state index in [1.165, 1.54) is 10.5 Å². The fourth-order valence-electron chi connectivity index (χ4n) is 1.90. The third kappa shape index (κ3) is 4.42. The summed E-state index contributed by atoms with van der Waals surface area (Å²) < 4.78 is 0. The van der Waals surface area contributed by atoms with Gasteiger partial charge in [-0.15, -0.1) is 11.8 Å². The zero-order chi connectivity index (χ0) is 14.5. The van der Waals surface area contributed by atoms with E-state index in [0.29, 0.717) is 22.2 Å². The van der Waals surface area contributed by atoms with Crippen molar-refractivity contribution in [3.8, 4) is 0 Å². The van der Waals surface area contributed by atoms with Crippen LogP contribution in [0.1, 0.15) is 11.1 Å². The van der Waals surface area contributed by atoms with Crippen molar-refractivity contribution in [1.82, 2.24) is 0 Å². The first kappa shape index (κ1) is 15.7. The molecule has 0 aliphatic heterocycles. The summed E-state index contributed by atoms with van der Waals surface area (Å²) >= 11 is 13.6. The topological polar surface area (TPSA) is 20.2 Å². The number of aryl methyl sites for hydroxylation is 1. The van der Waals surface area contributed by atoms with Gasteiger partial charge in [-0.2, -0.15) is 0 Å². The number of benzene rings is 2. The number of aliphatic hydroxyl groups excluding tert-OH is 1. The van der Waals surface area contributed by atoms with Gasteiger partial charge in [-0.25, -0.2) is 0 Å². The zero-order valence-electron chi connectivity index (χ0n) is 11.1. The highest BCUT2D eigenvalue weighted by molar-refractivity contribution is 7.99. The molecule has 0 bridgehead atoms. The molecule has 0 aliphatic rings. The van der Waals surface area contributed by atoms with Crippen LogP contribution in [0.25, 0.3) is 0 Å². The molecular weight excluding hydrogens is 311 g/mol. The molecule has 0 saturated carbocycles. The lowest BCUT2D eigenvalue weighted by molar-refractivity contribution is 0.200. The van der Waals surface area contributed by atoms with Gasteiger partial charge in [0.1, 0.15) is 0 Å². The van der Waals surface area contributed by atoms with Gasteiger partial charge in [0.05, 0.1) is 6.10 Å². The number of hydrogen-bond acceptors (Lipinski definition) is 2. The van der Waals surface area contributed by atoms with Crippen molar-refractivity contribution in [3.05, 3.63) is 63.6 Å². The fraction of sp³-hybridized carbons (Fsp3) is 0.250. The van der Waals surface area contributed by atoms with Crippen LogP contribution in [0.15, 0.2) is 47.4 Å². The summed E-state index contributed by atoms with van der Waals surface area (Å²) in [4.78, 5) is 1.20. The smallest absolute Gasteiger partial charge is 0.0674 e. The predicted octanol–water partition coefficient (Wildman–Crippen LogP) is 5.00.